The molecule has 0 spiro atoms. The molecule has 1 N–H and O–H groups in total. The topological polar surface area (TPSA) is 56.8 Å². The van der Waals surface area contributed by atoms with Gasteiger partial charge in [-0.05, 0) is 54.5 Å². The Labute approximate surface area is 148 Å². The molecule has 0 unspecified atom stereocenters. The van der Waals surface area contributed by atoms with Crippen LogP contribution in [0.5, 0.6) is 17.2 Å². The van der Waals surface area contributed by atoms with Gasteiger partial charge in [-0.2, -0.15) is 0 Å². The first-order valence-corrected chi connectivity index (χ1v) is 8.10. The van der Waals surface area contributed by atoms with Gasteiger partial charge < -0.3 is 19.5 Å². The predicted octanol–water partition coefficient (Wildman–Crippen LogP) is 4.14. The van der Waals surface area contributed by atoms with Gasteiger partial charge >= 0.3 is 0 Å². The van der Waals surface area contributed by atoms with Gasteiger partial charge in [0.25, 0.3) is 0 Å². The number of carbonyl (C=O) groups is 1. The second-order valence-corrected chi connectivity index (χ2v) is 5.31. The SMILES string of the molecule is CCCOc1ccc(NC(=O)C=Cc2ccc(OC)c(OC)c2)cc1. The van der Waals surface area contributed by atoms with Crippen molar-refractivity contribution in [3.05, 3.63) is 54.1 Å². The van der Waals surface area contributed by atoms with Crippen molar-refractivity contribution in [1.82, 2.24) is 0 Å². The molecule has 0 aliphatic rings. The quantitative estimate of drug-likeness (QED) is 0.733. The van der Waals surface area contributed by atoms with E-state index in [-0.39, 0.29) is 5.91 Å². The van der Waals surface area contributed by atoms with Crippen LogP contribution >= 0.6 is 0 Å². The van der Waals surface area contributed by atoms with Crippen LogP contribution in [0.3, 0.4) is 0 Å². The zero-order valence-electron chi connectivity index (χ0n) is 14.7. The summed E-state index contributed by atoms with van der Waals surface area (Å²) in [4.78, 5) is 12.0. The van der Waals surface area contributed by atoms with Gasteiger partial charge in [-0.15, -0.1) is 0 Å². The van der Waals surface area contributed by atoms with Crippen LogP contribution in [0.25, 0.3) is 6.08 Å². The molecule has 0 saturated heterocycles. The molecule has 25 heavy (non-hydrogen) atoms. The molecule has 5 heteroatoms. The van der Waals surface area contributed by atoms with Gasteiger partial charge in [0.1, 0.15) is 5.75 Å². The molecule has 5 nitrogen and oxygen atoms in total. The van der Waals surface area contributed by atoms with E-state index in [0.29, 0.717) is 23.8 Å². The second kappa shape index (κ2) is 9.37. The van der Waals surface area contributed by atoms with Gasteiger partial charge in [0.15, 0.2) is 11.5 Å². The zero-order chi connectivity index (χ0) is 18.1. The number of hydrogen-bond acceptors (Lipinski definition) is 4. The van der Waals surface area contributed by atoms with Crippen LogP contribution in [-0.2, 0) is 4.79 Å². The summed E-state index contributed by atoms with van der Waals surface area (Å²) in [5.74, 6) is 1.85. The standard InChI is InChI=1S/C20H23NO4/c1-4-13-25-17-9-7-16(8-10-17)21-20(22)12-6-15-5-11-18(23-2)19(14-15)24-3/h5-12,14H,4,13H2,1-3H3,(H,21,22). The fourth-order valence-electron chi connectivity index (χ4n) is 2.17. The number of carbonyl (C=O) groups excluding carboxylic acids is 1. The molecule has 1 amide bonds. The number of rotatable bonds is 8. The van der Waals surface area contributed by atoms with Gasteiger partial charge in [-0.1, -0.05) is 13.0 Å². The zero-order valence-corrected chi connectivity index (χ0v) is 14.7. The largest absolute Gasteiger partial charge is 0.494 e. The highest BCUT2D eigenvalue weighted by molar-refractivity contribution is 6.01. The predicted molar refractivity (Wildman–Crippen MR) is 99.4 cm³/mol. The van der Waals surface area contributed by atoms with Crippen molar-refractivity contribution in [1.29, 1.82) is 0 Å². The lowest BCUT2D eigenvalue weighted by Gasteiger charge is -2.08. The molecule has 0 atom stereocenters. The Bertz CT molecular complexity index is 723. The number of anilines is 1. The van der Waals surface area contributed by atoms with Crippen LogP contribution in [0.1, 0.15) is 18.9 Å². The van der Waals surface area contributed by atoms with E-state index in [9.17, 15) is 4.79 Å². The number of nitrogens with one attached hydrogen (secondary N) is 1. The molecule has 0 aliphatic heterocycles. The van der Waals surface area contributed by atoms with Crippen LogP contribution in [0.2, 0.25) is 0 Å². The van der Waals surface area contributed by atoms with Gasteiger partial charge in [0.2, 0.25) is 5.91 Å². The summed E-state index contributed by atoms with van der Waals surface area (Å²) in [5, 5.41) is 2.81. The highest BCUT2D eigenvalue weighted by Crippen LogP contribution is 2.28. The molecular formula is C20H23NO4. The van der Waals surface area contributed by atoms with Crippen molar-refractivity contribution in [3.8, 4) is 17.2 Å². The summed E-state index contributed by atoms with van der Waals surface area (Å²) in [6, 6.07) is 12.8. The van der Waals surface area contributed by atoms with Crippen molar-refractivity contribution in [3.63, 3.8) is 0 Å². The minimum absolute atomic E-state index is 0.211. The Morgan fingerprint density at radius 1 is 1.04 bits per heavy atom. The van der Waals surface area contributed by atoms with Crippen molar-refractivity contribution in [2.45, 2.75) is 13.3 Å². The van der Waals surface area contributed by atoms with Crippen LogP contribution in [0.4, 0.5) is 5.69 Å². The minimum Gasteiger partial charge on any atom is -0.494 e. The minimum atomic E-state index is -0.211. The fourth-order valence-corrected chi connectivity index (χ4v) is 2.17. The van der Waals surface area contributed by atoms with E-state index in [1.54, 1.807) is 26.4 Å². The Morgan fingerprint density at radius 3 is 2.40 bits per heavy atom. The molecule has 132 valence electrons. The van der Waals surface area contributed by atoms with Crippen molar-refractivity contribution >= 4 is 17.7 Å². The summed E-state index contributed by atoms with van der Waals surface area (Å²) in [6.07, 6.45) is 4.15. The maximum Gasteiger partial charge on any atom is 0.248 e. The molecular weight excluding hydrogens is 318 g/mol. The van der Waals surface area contributed by atoms with E-state index in [2.05, 4.69) is 12.2 Å². The molecule has 0 saturated carbocycles. The van der Waals surface area contributed by atoms with Crippen molar-refractivity contribution < 1.29 is 19.0 Å². The van der Waals surface area contributed by atoms with E-state index < -0.39 is 0 Å². The van der Waals surface area contributed by atoms with E-state index in [0.717, 1.165) is 17.7 Å². The molecule has 2 aromatic rings. The maximum absolute atomic E-state index is 12.0. The monoisotopic (exact) mass is 341 g/mol. The number of hydrogen-bond donors (Lipinski definition) is 1. The van der Waals surface area contributed by atoms with Gasteiger partial charge in [-0.3, -0.25) is 4.79 Å². The van der Waals surface area contributed by atoms with E-state index in [1.807, 2.05) is 36.4 Å². The lowest BCUT2D eigenvalue weighted by molar-refractivity contribution is -0.111. The second-order valence-electron chi connectivity index (χ2n) is 5.31. The summed E-state index contributed by atoms with van der Waals surface area (Å²) in [7, 11) is 3.16. The van der Waals surface area contributed by atoms with Gasteiger partial charge in [0, 0.05) is 11.8 Å². The Morgan fingerprint density at radius 2 is 1.76 bits per heavy atom. The molecule has 0 heterocycles. The summed E-state index contributed by atoms with van der Waals surface area (Å²) < 4.78 is 16.0. The highest BCUT2D eigenvalue weighted by Gasteiger charge is 2.03. The third-order valence-electron chi connectivity index (χ3n) is 3.43. The number of benzene rings is 2. The molecule has 0 bridgehead atoms. The summed E-state index contributed by atoms with van der Waals surface area (Å²) in [5.41, 5.74) is 1.56. The normalized spacial score (nSPS) is 10.5. The first-order chi connectivity index (χ1) is 12.2. The third-order valence-corrected chi connectivity index (χ3v) is 3.43. The van der Waals surface area contributed by atoms with E-state index in [4.69, 9.17) is 14.2 Å². The Hall–Kier alpha value is -2.95. The average molecular weight is 341 g/mol. The Balaban J connectivity index is 1.96. The summed E-state index contributed by atoms with van der Waals surface area (Å²) in [6.45, 7) is 2.74. The highest BCUT2D eigenvalue weighted by atomic mass is 16.5. The van der Waals surface area contributed by atoms with Crippen LogP contribution in [-0.4, -0.2) is 26.7 Å². The van der Waals surface area contributed by atoms with Crippen molar-refractivity contribution in [2.24, 2.45) is 0 Å². The lowest BCUT2D eigenvalue weighted by Crippen LogP contribution is -2.07. The maximum atomic E-state index is 12.0. The van der Waals surface area contributed by atoms with E-state index >= 15 is 0 Å². The third kappa shape index (κ3) is 5.57. The molecule has 0 fully saturated rings. The lowest BCUT2D eigenvalue weighted by atomic mass is 10.2. The van der Waals surface area contributed by atoms with Gasteiger partial charge in [-0.25, -0.2) is 0 Å². The smallest absolute Gasteiger partial charge is 0.248 e. The number of amides is 1. The first-order valence-electron chi connectivity index (χ1n) is 8.10. The number of ether oxygens (including phenoxy) is 3. The van der Waals surface area contributed by atoms with E-state index in [1.165, 1.54) is 6.08 Å². The van der Waals surface area contributed by atoms with Crippen LogP contribution in [0.15, 0.2) is 48.5 Å². The van der Waals surface area contributed by atoms with Crippen LogP contribution < -0.4 is 19.5 Å². The molecule has 0 aromatic heterocycles. The summed E-state index contributed by atoms with van der Waals surface area (Å²) >= 11 is 0. The molecule has 2 rings (SSSR count). The molecule has 2 aromatic carbocycles. The van der Waals surface area contributed by atoms with Gasteiger partial charge in [0.05, 0.1) is 20.8 Å². The number of methoxy groups -OCH3 is 2. The van der Waals surface area contributed by atoms with Crippen LogP contribution in [0, 0.1) is 0 Å². The molecule has 0 radical (unpaired) electrons. The first kappa shape index (κ1) is 18.4. The van der Waals surface area contributed by atoms with Crippen molar-refractivity contribution in [2.75, 3.05) is 26.1 Å². The Kier molecular flexibility index (Phi) is 6.89. The fraction of sp³-hybridized carbons (Fsp3) is 0.250. The molecule has 0 aliphatic carbocycles. The average Bonchev–Trinajstić information content (AvgIpc) is 2.65.